The van der Waals surface area contributed by atoms with Crippen molar-refractivity contribution < 1.29 is 4.79 Å². The zero-order chi connectivity index (χ0) is 22.2. The predicted molar refractivity (Wildman–Crippen MR) is 129 cm³/mol. The van der Waals surface area contributed by atoms with Gasteiger partial charge in [-0.2, -0.15) is 0 Å². The number of guanidine groups is 1. The molecule has 1 aliphatic rings. The second-order valence-electron chi connectivity index (χ2n) is 8.61. The van der Waals surface area contributed by atoms with Crippen LogP contribution in [-0.4, -0.2) is 61.9 Å². The Morgan fingerprint density at radius 2 is 1.94 bits per heavy atom. The van der Waals surface area contributed by atoms with Gasteiger partial charge in [0.1, 0.15) is 0 Å². The summed E-state index contributed by atoms with van der Waals surface area (Å²) in [7, 11) is 3.56. The fraction of sp³-hybridized carbons (Fsp3) is 0.462. The Morgan fingerprint density at radius 1 is 1.16 bits per heavy atom. The Kier molecular flexibility index (Phi) is 8.10. The molecule has 166 valence electrons. The summed E-state index contributed by atoms with van der Waals surface area (Å²) >= 11 is 0. The van der Waals surface area contributed by atoms with Crippen molar-refractivity contribution in [2.24, 2.45) is 10.9 Å². The first kappa shape index (κ1) is 22.9. The highest BCUT2D eigenvalue weighted by Gasteiger charge is 2.28. The second-order valence-corrected chi connectivity index (χ2v) is 8.61. The number of piperidine rings is 1. The first-order valence-electron chi connectivity index (χ1n) is 11.4. The van der Waals surface area contributed by atoms with Gasteiger partial charge in [0.25, 0.3) is 5.91 Å². The van der Waals surface area contributed by atoms with E-state index in [1.807, 2.05) is 18.2 Å². The standard InChI is InChI=1S/C26H36N4O/c1-5-27-26(28-16-14-21-10-9-13-23(18-21)25(31)29(3)4)30-17-15-24(20(2)19-30)22-11-7-6-8-12-22/h6-13,18,20,24H,5,14-17,19H2,1-4H3,(H,27,28). The van der Waals surface area contributed by atoms with E-state index in [0.29, 0.717) is 18.4 Å². The van der Waals surface area contributed by atoms with Gasteiger partial charge in [-0.15, -0.1) is 0 Å². The van der Waals surface area contributed by atoms with Gasteiger partial charge in [-0.05, 0) is 54.9 Å². The van der Waals surface area contributed by atoms with Gasteiger partial charge < -0.3 is 15.1 Å². The Hall–Kier alpha value is -2.82. The third-order valence-corrected chi connectivity index (χ3v) is 6.01. The van der Waals surface area contributed by atoms with Crippen molar-refractivity contribution in [3.63, 3.8) is 0 Å². The van der Waals surface area contributed by atoms with Crippen LogP contribution in [0.15, 0.2) is 59.6 Å². The number of nitrogens with one attached hydrogen (secondary N) is 1. The number of carbonyl (C=O) groups excluding carboxylic acids is 1. The zero-order valence-corrected chi connectivity index (χ0v) is 19.3. The topological polar surface area (TPSA) is 47.9 Å². The highest BCUT2D eigenvalue weighted by atomic mass is 16.2. The Morgan fingerprint density at radius 3 is 2.61 bits per heavy atom. The van der Waals surface area contributed by atoms with Crippen molar-refractivity contribution in [3.05, 3.63) is 71.3 Å². The van der Waals surface area contributed by atoms with Crippen LogP contribution in [0.2, 0.25) is 0 Å². The van der Waals surface area contributed by atoms with E-state index >= 15 is 0 Å². The second kappa shape index (κ2) is 11.0. The summed E-state index contributed by atoms with van der Waals surface area (Å²) in [6, 6.07) is 18.8. The Labute approximate surface area is 187 Å². The normalized spacial score (nSPS) is 19.2. The molecule has 1 amide bonds. The molecule has 2 unspecified atom stereocenters. The van der Waals surface area contributed by atoms with Crippen molar-refractivity contribution in [2.45, 2.75) is 32.6 Å². The molecular weight excluding hydrogens is 384 g/mol. The van der Waals surface area contributed by atoms with Crippen LogP contribution in [0.4, 0.5) is 0 Å². The van der Waals surface area contributed by atoms with E-state index in [9.17, 15) is 4.79 Å². The smallest absolute Gasteiger partial charge is 0.253 e. The van der Waals surface area contributed by atoms with Gasteiger partial charge in [0.2, 0.25) is 0 Å². The van der Waals surface area contributed by atoms with Crippen LogP contribution in [0.3, 0.4) is 0 Å². The van der Waals surface area contributed by atoms with Crippen LogP contribution < -0.4 is 5.32 Å². The minimum atomic E-state index is 0.0361. The molecule has 0 saturated carbocycles. The maximum atomic E-state index is 12.2. The summed E-state index contributed by atoms with van der Waals surface area (Å²) < 4.78 is 0. The number of hydrogen-bond acceptors (Lipinski definition) is 2. The van der Waals surface area contributed by atoms with E-state index in [0.717, 1.165) is 49.6 Å². The number of hydrogen-bond donors (Lipinski definition) is 1. The molecule has 0 spiro atoms. The predicted octanol–water partition coefficient (Wildman–Crippen LogP) is 4.02. The molecule has 3 rings (SSSR count). The van der Waals surface area contributed by atoms with Gasteiger partial charge in [0.15, 0.2) is 5.96 Å². The zero-order valence-electron chi connectivity index (χ0n) is 19.3. The van der Waals surface area contributed by atoms with Crippen molar-refractivity contribution >= 4 is 11.9 Å². The van der Waals surface area contributed by atoms with E-state index < -0.39 is 0 Å². The quantitative estimate of drug-likeness (QED) is 0.567. The van der Waals surface area contributed by atoms with Gasteiger partial charge in [0, 0.05) is 45.8 Å². The van der Waals surface area contributed by atoms with E-state index in [2.05, 4.69) is 60.5 Å². The van der Waals surface area contributed by atoms with Crippen molar-refractivity contribution in [1.29, 1.82) is 0 Å². The number of rotatable bonds is 6. The number of nitrogens with zero attached hydrogens (tertiary/aromatic N) is 3. The SMILES string of the molecule is CCNC(=NCCc1cccc(C(=O)N(C)C)c1)N1CCC(c2ccccc2)C(C)C1. The molecule has 0 radical (unpaired) electrons. The first-order chi connectivity index (χ1) is 15.0. The van der Waals surface area contributed by atoms with Crippen LogP contribution in [0, 0.1) is 5.92 Å². The van der Waals surface area contributed by atoms with Crippen LogP contribution in [-0.2, 0) is 6.42 Å². The lowest BCUT2D eigenvalue weighted by atomic mass is 9.82. The number of aliphatic imine (C=N–C) groups is 1. The maximum absolute atomic E-state index is 12.2. The average molecular weight is 421 g/mol. The molecule has 1 saturated heterocycles. The molecule has 0 bridgehead atoms. The Bertz CT molecular complexity index is 878. The highest BCUT2D eigenvalue weighted by Crippen LogP contribution is 2.32. The third-order valence-electron chi connectivity index (χ3n) is 6.01. The van der Waals surface area contributed by atoms with Gasteiger partial charge in [-0.3, -0.25) is 9.79 Å². The molecule has 1 fully saturated rings. The molecule has 2 aromatic rings. The van der Waals surface area contributed by atoms with Crippen molar-refractivity contribution in [1.82, 2.24) is 15.1 Å². The molecule has 5 nitrogen and oxygen atoms in total. The maximum Gasteiger partial charge on any atom is 0.253 e. The number of benzene rings is 2. The van der Waals surface area contributed by atoms with Gasteiger partial charge in [-0.1, -0.05) is 49.4 Å². The van der Waals surface area contributed by atoms with Crippen LogP contribution >= 0.6 is 0 Å². The monoisotopic (exact) mass is 420 g/mol. The molecule has 0 aliphatic carbocycles. The average Bonchev–Trinajstić information content (AvgIpc) is 2.78. The summed E-state index contributed by atoms with van der Waals surface area (Å²) in [4.78, 5) is 21.1. The molecule has 1 N–H and O–H groups in total. The summed E-state index contributed by atoms with van der Waals surface area (Å²) in [5.41, 5.74) is 3.32. The summed E-state index contributed by atoms with van der Waals surface area (Å²) in [5, 5.41) is 3.47. The van der Waals surface area contributed by atoms with Gasteiger partial charge in [0.05, 0.1) is 0 Å². The van der Waals surface area contributed by atoms with Crippen LogP contribution in [0.5, 0.6) is 0 Å². The minimum absolute atomic E-state index is 0.0361. The Balaban J connectivity index is 1.62. The lowest BCUT2D eigenvalue weighted by Crippen LogP contribution is -2.48. The number of amides is 1. The van der Waals surface area contributed by atoms with E-state index in [4.69, 9.17) is 4.99 Å². The fourth-order valence-corrected chi connectivity index (χ4v) is 4.37. The van der Waals surface area contributed by atoms with Crippen molar-refractivity contribution in [3.8, 4) is 0 Å². The molecule has 2 atom stereocenters. The molecule has 1 aliphatic heterocycles. The van der Waals surface area contributed by atoms with Crippen molar-refractivity contribution in [2.75, 3.05) is 40.3 Å². The summed E-state index contributed by atoms with van der Waals surface area (Å²) in [5.74, 6) is 2.22. The van der Waals surface area contributed by atoms with Crippen LogP contribution in [0.1, 0.15) is 47.7 Å². The molecule has 0 aromatic heterocycles. The molecule has 2 aromatic carbocycles. The summed E-state index contributed by atoms with van der Waals surface area (Å²) in [6.45, 7) is 8.06. The molecule has 1 heterocycles. The minimum Gasteiger partial charge on any atom is -0.357 e. The molecular formula is C26H36N4O. The lowest BCUT2D eigenvalue weighted by molar-refractivity contribution is 0.0827. The highest BCUT2D eigenvalue weighted by molar-refractivity contribution is 5.94. The van der Waals surface area contributed by atoms with E-state index in [1.54, 1.807) is 19.0 Å². The summed E-state index contributed by atoms with van der Waals surface area (Å²) in [6.07, 6.45) is 1.96. The third kappa shape index (κ3) is 6.09. The molecule has 5 heteroatoms. The first-order valence-corrected chi connectivity index (χ1v) is 11.4. The van der Waals surface area contributed by atoms with E-state index in [1.165, 1.54) is 5.56 Å². The number of likely N-dealkylation sites (tertiary alicyclic amines) is 1. The number of carbonyl (C=O) groups is 1. The van der Waals surface area contributed by atoms with Crippen LogP contribution in [0.25, 0.3) is 0 Å². The fourth-order valence-electron chi connectivity index (χ4n) is 4.37. The molecule has 31 heavy (non-hydrogen) atoms. The van der Waals surface area contributed by atoms with E-state index in [-0.39, 0.29) is 5.91 Å². The lowest BCUT2D eigenvalue weighted by Gasteiger charge is -2.39. The van der Waals surface area contributed by atoms with Gasteiger partial charge in [-0.25, -0.2) is 0 Å². The largest absolute Gasteiger partial charge is 0.357 e. The van der Waals surface area contributed by atoms with Gasteiger partial charge >= 0.3 is 0 Å².